The molecule has 0 radical (unpaired) electrons. The Bertz CT molecular complexity index is 521. The Morgan fingerprint density at radius 3 is 3.00 bits per heavy atom. The maximum absolute atomic E-state index is 5.36. The molecule has 0 aromatic carbocycles. The number of nitrogens with zero attached hydrogens (tertiary/aromatic N) is 2. The molecule has 1 aliphatic heterocycles. The lowest BCUT2D eigenvalue weighted by Gasteiger charge is -2.26. The van der Waals surface area contributed by atoms with Crippen molar-refractivity contribution in [3.05, 3.63) is 30.2 Å². The molecule has 2 aromatic heterocycles. The van der Waals surface area contributed by atoms with Crippen LogP contribution in [-0.2, 0) is 6.54 Å². The molecule has 5 nitrogen and oxygen atoms in total. The Kier molecular flexibility index (Phi) is 5.85. The quantitative estimate of drug-likeness (QED) is 0.889. The van der Waals surface area contributed by atoms with Crippen LogP contribution in [0.3, 0.4) is 0 Å². The highest BCUT2D eigenvalue weighted by molar-refractivity contribution is 5.85. The molecule has 1 atom stereocenters. The minimum atomic E-state index is 0. The van der Waals surface area contributed by atoms with Gasteiger partial charge in [-0.2, -0.15) is 0 Å². The fourth-order valence-electron chi connectivity index (χ4n) is 2.76. The standard InChI is InChI=1S/C15H21N3O2.ClH/c1-2-7-18(13-5-6-16-10-13)11-12-9-15(20-17-12)14-4-3-8-19-14;/h3-4,8-9,13,16H,2,5-7,10-11H2,1H3;1H. The van der Waals surface area contributed by atoms with Crippen LogP contribution < -0.4 is 5.32 Å². The van der Waals surface area contributed by atoms with E-state index in [2.05, 4.69) is 22.3 Å². The number of hydrogen-bond donors (Lipinski definition) is 1. The van der Waals surface area contributed by atoms with E-state index in [-0.39, 0.29) is 12.4 Å². The van der Waals surface area contributed by atoms with E-state index in [0.29, 0.717) is 11.8 Å². The molecule has 1 unspecified atom stereocenters. The van der Waals surface area contributed by atoms with Crippen molar-refractivity contribution in [2.24, 2.45) is 0 Å². The van der Waals surface area contributed by atoms with Crippen LogP contribution in [0.5, 0.6) is 0 Å². The van der Waals surface area contributed by atoms with Crippen LogP contribution >= 0.6 is 12.4 Å². The molecule has 1 N–H and O–H groups in total. The van der Waals surface area contributed by atoms with Crippen molar-refractivity contribution < 1.29 is 8.94 Å². The number of rotatable bonds is 6. The molecule has 6 heteroatoms. The number of halogens is 1. The minimum Gasteiger partial charge on any atom is -0.461 e. The molecule has 21 heavy (non-hydrogen) atoms. The van der Waals surface area contributed by atoms with Crippen molar-refractivity contribution in [1.29, 1.82) is 0 Å². The van der Waals surface area contributed by atoms with Crippen LogP contribution in [0.2, 0.25) is 0 Å². The first-order valence-corrected chi connectivity index (χ1v) is 7.31. The van der Waals surface area contributed by atoms with Crippen molar-refractivity contribution in [3.63, 3.8) is 0 Å². The van der Waals surface area contributed by atoms with Crippen LogP contribution in [0.1, 0.15) is 25.5 Å². The second-order valence-corrected chi connectivity index (χ2v) is 5.28. The van der Waals surface area contributed by atoms with Gasteiger partial charge in [-0.1, -0.05) is 12.1 Å². The SMILES string of the molecule is CCCN(Cc1cc(-c2ccco2)on1)C1CCNC1.Cl. The van der Waals surface area contributed by atoms with Crippen LogP contribution in [0, 0.1) is 0 Å². The van der Waals surface area contributed by atoms with E-state index < -0.39 is 0 Å². The van der Waals surface area contributed by atoms with Gasteiger partial charge in [0, 0.05) is 25.2 Å². The summed E-state index contributed by atoms with van der Waals surface area (Å²) in [6.45, 7) is 6.33. The molecular weight excluding hydrogens is 290 g/mol. The summed E-state index contributed by atoms with van der Waals surface area (Å²) < 4.78 is 10.7. The molecule has 1 aliphatic rings. The second-order valence-electron chi connectivity index (χ2n) is 5.28. The largest absolute Gasteiger partial charge is 0.461 e. The Morgan fingerprint density at radius 2 is 2.33 bits per heavy atom. The van der Waals surface area contributed by atoms with Crippen molar-refractivity contribution in [2.75, 3.05) is 19.6 Å². The van der Waals surface area contributed by atoms with Gasteiger partial charge >= 0.3 is 0 Å². The minimum absolute atomic E-state index is 0. The van der Waals surface area contributed by atoms with Gasteiger partial charge in [-0.15, -0.1) is 12.4 Å². The molecule has 1 fully saturated rings. The molecular formula is C15H22ClN3O2. The van der Waals surface area contributed by atoms with Gasteiger partial charge in [0.05, 0.1) is 12.0 Å². The maximum Gasteiger partial charge on any atom is 0.202 e. The third kappa shape index (κ3) is 3.87. The van der Waals surface area contributed by atoms with Gasteiger partial charge in [0.25, 0.3) is 0 Å². The van der Waals surface area contributed by atoms with Crippen molar-refractivity contribution in [1.82, 2.24) is 15.4 Å². The first kappa shape index (κ1) is 16.1. The van der Waals surface area contributed by atoms with Gasteiger partial charge in [0.1, 0.15) is 0 Å². The Hall–Kier alpha value is -1.30. The number of furan rings is 1. The van der Waals surface area contributed by atoms with E-state index in [1.54, 1.807) is 6.26 Å². The fraction of sp³-hybridized carbons (Fsp3) is 0.533. The zero-order valence-electron chi connectivity index (χ0n) is 12.2. The molecule has 0 saturated carbocycles. The van der Waals surface area contributed by atoms with E-state index in [4.69, 9.17) is 8.94 Å². The summed E-state index contributed by atoms with van der Waals surface area (Å²) in [6, 6.07) is 6.32. The lowest BCUT2D eigenvalue weighted by Crippen LogP contribution is -2.37. The molecule has 0 bridgehead atoms. The van der Waals surface area contributed by atoms with Crippen LogP contribution in [0.4, 0.5) is 0 Å². The van der Waals surface area contributed by atoms with Crippen LogP contribution in [0.15, 0.2) is 33.4 Å². The predicted octanol–water partition coefficient (Wildman–Crippen LogP) is 2.93. The first-order valence-electron chi connectivity index (χ1n) is 7.31. The summed E-state index contributed by atoms with van der Waals surface area (Å²) in [6.07, 6.45) is 4.01. The predicted molar refractivity (Wildman–Crippen MR) is 83.4 cm³/mol. The van der Waals surface area contributed by atoms with Gasteiger partial charge in [-0.05, 0) is 38.1 Å². The maximum atomic E-state index is 5.36. The zero-order chi connectivity index (χ0) is 13.8. The Labute approximate surface area is 131 Å². The van der Waals surface area contributed by atoms with Gasteiger partial charge in [0.2, 0.25) is 5.76 Å². The van der Waals surface area contributed by atoms with E-state index >= 15 is 0 Å². The monoisotopic (exact) mass is 311 g/mol. The summed E-state index contributed by atoms with van der Waals surface area (Å²) in [5.74, 6) is 1.43. The van der Waals surface area contributed by atoms with Gasteiger partial charge in [0.15, 0.2) is 5.76 Å². The van der Waals surface area contributed by atoms with Gasteiger partial charge in [-0.25, -0.2) is 0 Å². The summed E-state index contributed by atoms with van der Waals surface area (Å²) in [4.78, 5) is 2.49. The fourth-order valence-corrected chi connectivity index (χ4v) is 2.76. The topological polar surface area (TPSA) is 54.4 Å². The zero-order valence-corrected chi connectivity index (χ0v) is 13.1. The molecule has 0 amide bonds. The molecule has 0 aliphatic carbocycles. The van der Waals surface area contributed by atoms with Gasteiger partial charge < -0.3 is 14.3 Å². The van der Waals surface area contributed by atoms with Crippen molar-refractivity contribution >= 4 is 12.4 Å². The lowest BCUT2D eigenvalue weighted by molar-refractivity contribution is 0.194. The highest BCUT2D eigenvalue weighted by Crippen LogP contribution is 2.22. The Balaban J connectivity index is 0.00000161. The first-order chi connectivity index (χ1) is 9.86. The third-order valence-electron chi connectivity index (χ3n) is 3.75. The lowest BCUT2D eigenvalue weighted by atomic mass is 10.2. The smallest absolute Gasteiger partial charge is 0.202 e. The summed E-state index contributed by atoms with van der Waals surface area (Å²) >= 11 is 0. The molecule has 1 saturated heterocycles. The van der Waals surface area contributed by atoms with E-state index in [1.807, 2.05) is 18.2 Å². The van der Waals surface area contributed by atoms with Crippen molar-refractivity contribution in [3.8, 4) is 11.5 Å². The van der Waals surface area contributed by atoms with Gasteiger partial charge in [-0.3, -0.25) is 4.90 Å². The number of aromatic nitrogens is 1. The van der Waals surface area contributed by atoms with Crippen LogP contribution in [-0.4, -0.2) is 35.7 Å². The third-order valence-corrected chi connectivity index (χ3v) is 3.75. The van der Waals surface area contributed by atoms with E-state index in [1.165, 1.54) is 6.42 Å². The molecule has 2 aromatic rings. The van der Waals surface area contributed by atoms with Crippen molar-refractivity contribution in [2.45, 2.75) is 32.4 Å². The highest BCUT2D eigenvalue weighted by atomic mass is 35.5. The molecule has 3 rings (SSSR count). The number of nitrogens with one attached hydrogen (secondary N) is 1. The Morgan fingerprint density at radius 1 is 1.43 bits per heavy atom. The summed E-state index contributed by atoms with van der Waals surface area (Å²) in [5.41, 5.74) is 0.969. The normalized spacial score (nSPS) is 18.1. The number of hydrogen-bond acceptors (Lipinski definition) is 5. The summed E-state index contributed by atoms with van der Waals surface area (Å²) in [7, 11) is 0. The van der Waals surface area contributed by atoms with E-state index in [9.17, 15) is 0 Å². The highest BCUT2D eigenvalue weighted by Gasteiger charge is 2.23. The molecule has 0 spiro atoms. The summed E-state index contributed by atoms with van der Waals surface area (Å²) in [5, 5.41) is 7.59. The van der Waals surface area contributed by atoms with E-state index in [0.717, 1.165) is 44.1 Å². The van der Waals surface area contributed by atoms with Crippen LogP contribution in [0.25, 0.3) is 11.5 Å². The molecule has 116 valence electrons. The average molecular weight is 312 g/mol. The second kappa shape index (κ2) is 7.64. The average Bonchev–Trinajstić information content (AvgIpc) is 3.20. The molecule has 3 heterocycles.